The van der Waals surface area contributed by atoms with Crippen LogP contribution in [0.3, 0.4) is 0 Å². The van der Waals surface area contributed by atoms with E-state index in [0.717, 1.165) is 12.1 Å². The first kappa shape index (κ1) is 14.7. The fourth-order valence-corrected chi connectivity index (χ4v) is 3.05. The Kier molecular flexibility index (Phi) is 3.96. The average Bonchev–Trinajstić information content (AvgIpc) is 2.32. The highest BCUT2D eigenvalue weighted by Crippen LogP contribution is 2.24. The first-order valence-corrected chi connectivity index (χ1v) is 7.40. The number of nitrogens with one attached hydrogen (secondary N) is 1. The van der Waals surface area contributed by atoms with Gasteiger partial charge in [-0.2, -0.15) is 0 Å². The predicted octanol–water partition coefficient (Wildman–Crippen LogP) is 3.73. The maximum absolute atomic E-state index is 13.5. The lowest BCUT2D eigenvalue weighted by atomic mass is 10.2. The van der Waals surface area contributed by atoms with Crippen LogP contribution in [-0.2, 0) is 10.0 Å². The smallest absolute Gasteiger partial charge is 0.264 e. The van der Waals surface area contributed by atoms with Gasteiger partial charge in [0.2, 0.25) is 0 Å². The number of anilines is 1. The van der Waals surface area contributed by atoms with Gasteiger partial charge in [-0.1, -0.05) is 11.6 Å². The molecule has 1 N–H and O–H groups in total. The third kappa shape index (κ3) is 3.08. The minimum absolute atomic E-state index is 0.276. The molecule has 0 spiro atoms. The minimum atomic E-state index is -4.13. The molecule has 2 aromatic rings. The van der Waals surface area contributed by atoms with Crippen molar-refractivity contribution >= 4 is 27.3 Å². The lowest BCUT2D eigenvalue weighted by Gasteiger charge is -2.11. The molecule has 2 rings (SSSR count). The molecule has 0 bridgehead atoms. The Balaban J connectivity index is 2.41. The molecule has 0 aromatic heterocycles. The van der Waals surface area contributed by atoms with Crippen LogP contribution in [0, 0.1) is 18.6 Å². The molecule has 7 heteroatoms. The molecular formula is C13H10ClF2NO2S. The largest absolute Gasteiger partial charge is 0.279 e. The molecule has 0 amide bonds. The van der Waals surface area contributed by atoms with Crippen LogP contribution in [0.25, 0.3) is 0 Å². The SMILES string of the molecule is Cc1cc(Cl)ccc1NS(=O)(=O)c1ccc(F)cc1F. The van der Waals surface area contributed by atoms with Crippen molar-refractivity contribution in [1.29, 1.82) is 0 Å². The summed E-state index contributed by atoms with van der Waals surface area (Å²) >= 11 is 5.77. The summed E-state index contributed by atoms with van der Waals surface area (Å²) in [6.45, 7) is 1.66. The topological polar surface area (TPSA) is 46.2 Å². The van der Waals surface area contributed by atoms with Crippen molar-refractivity contribution in [2.75, 3.05) is 4.72 Å². The summed E-state index contributed by atoms with van der Waals surface area (Å²) in [5.74, 6) is -1.99. The monoisotopic (exact) mass is 317 g/mol. The van der Waals surface area contributed by atoms with Gasteiger partial charge in [0.25, 0.3) is 10.0 Å². The van der Waals surface area contributed by atoms with Crippen molar-refractivity contribution < 1.29 is 17.2 Å². The molecule has 0 saturated heterocycles. The van der Waals surface area contributed by atoms with E-state index < -0.39 is 26.6 Å². The molecular weight excluding hydrogens is 308 g/mol. The van der Waals surface area contributed by atoms with Gasteiger partial charge >= 0.3 is 0 Å². The second-order valence-electron chi connectivity index (χ2n) is 4.14. The standard InChI is InChI=1S/C13H10ClF2NO2S/c1-8-6-9(14)2-4-12(8)17-20(18,19)13-5-3-10(15)7-11(13)16/h2-7,17H,1H3. The van der Waals surface area contributed by atoms with Crippen molar-refractivity contribution in [3.63, 3.8) is 0 Å². The first-order chi connectivity index (χ1) is 9.29. The number of sulfonamides is 1. The molecule has 0 fully saturated rings. The Bertz CT molecular complexity index is 763. The van der Waals surface area contributed by atoms with Gasteiger partial charge in [0.1, 0.15) is 16.5 Å². The molecule has 0 aliphatic carbocycles. The van der Waals surface area contributed by atoms with Crippen molar-refractivity contribution in [1.82, 2.24) is 0 Å². The van der Waals surface area contributed by atoms with Crippen LogP contribution in [-0.4, -0.2) is 8.42 Å². The highest BCUT2D eigenvalue weighted by Gasteiger charge is 2.20. The summed E-state index contributed by atoms with van der Waals surface area (Å²) in [7, 11) is -4.13. The Labute approximate surface area is 120 Å². The number of halogens is 3. The fourth-order valence-electron chi connectivity index (χ4n) is 1.63. The van der Waals surface area contributed by atoms with Crippen LogP contribution < -0.4 is 4.72 Å². The quantitative estimate of drug-likeness (QED) is 0.937. The Morgan fingerprint density at radius 3 is 2.40 bits per heavy atom. The highest BCUT2D eigenvalue weighted by atomic mass is 35.5. The van der Waals surface area contributed by atoms with Crippen molar-refractivity contribution in [3.05, 3.63) is 58.6 Å². The summed E-state index contributed by atoms with van der Waals surface area (Å²) in [5.41, 5.74) is 0.863. The summed E-state index contributed by atoms with van der Waals surface area (Å²) in [6, 6.07) is 6.82. The van der Waals surface area contributed by atoms with Gasteiger partial charge in [0, 0.05) is 11.1 Å². The van der Waals surface area contributed by atoms with Crippen LogP contribution in [0.2, 0.25) is 5.02 Å². The van der Waals surface area contributed by atoms with E-state index in [1.54, 1.807) is 13.0 Å². The Hall–Kier alpha value is -1.66. The van der Waals surface area contributed by atoms with Crippen LogP contribution in [0.4, 0.5) is 14.5 Å². The lowest BCUT2D eigenvalue weighted by Crippen LogP contribution is -2.15. The van der Waals surface area contributed by atoms with Gasteiger partial charge < -0.3 is 0 Å². The molecule has 0 saturated carbocycles. The first-order valence-electron chi connectivity index (χ1n) is 5.53. The van der Waals surface area contributed by atoms with Gasteiger partial charge in [-0.15, -0.1) is 0 Å². The fraction of sp³-hybridized carbons (Fsp3) is 0.0769. The maximum Gasteiger partial charge on any atom is 0.264 e. The van der Waals surface area contributed by atoms with Crippen LogP contribution >= 0.6 is 11.6 Å². The summed E-state index contributed by atoms with van der Waals surface area (Å²) in [5, 5.41) is 0.457. The molecule has 3 nitrogen and oxygen atoms in total. The van der Waals surface area contributed by atoms with Gasteiger partial charge in [0.15, 0.2) is 0 Å². The van der Waals surface area contributed by atoms with Gasteiger partial charge in [-0.25, -0.2) is 17.2 Å². The van der Waals surface area contributed by atoms with Crippen molar-refractivity contribution in [2.24, 2.45) is 0 Å². The zero-order valence-electron chi connectivity index (χ0n) is 10.3. The van der Waals surface area contributed by atoms with E-state index in [9.17, 15) is 17.2 Å². The summed E-state index contributed by atoms with van der Waals surface area (Å²) < 4.78 is 52.7. The van der Waals surface area contributed by atoms with E-state index >= 15 is 0 Å². The average molecular weight is 318 g/mol. The molecule has 106 valence electrons. The van der Waals surface area contributed by atoms with Gasteiger partial charge in [-0.05, 0) is 42.8 Å². The van der Waals surface area contributed by atoms with E-state index in [-0.39, 0.29) is 5.69 Å². The number of rotatable bonds is 3. The Morgan fingerprint density at radius 2 is 1.80 bits per heavy atom. The van der Waals surface area contributed by atoms with Crippen molar-refractivity contribution in [3.8, 4) is 0 Å². The third-order valence-electron chi connectivity index (χ3n) is 2.62. The van der Waals surface area contributed by atoms with E-state index in [2.05, 4.69) is 4.72 Å². The highest BCUT2D eigenvalue weighted by molar-refractivity contribution is 7.92. The normalized spacial score (nSPS) is 11.4. The maximum atomic E-state index is 13.5. The van der Waals surface area contributed by atoms with Crippen molar-refractivity contribution in [2.45, 2.75) is 11.8 Å². The molecule has 2 aromatic carbocycles. The molecule has 0 aliphatic rings. The molecule has 0 unspecified atom stereocenters. The number of aryl methyl sites for hydroxylation is 1. The second-order valence-corrected chi connectivity index (χ2v) is 6.23. The molecule has 20 heavy (non-hydrogen) atoms. The second kappa shape index (κ2) is 5.38. The molecule has 0 radical (unpaired) electrons. The molecule has 0 atom stereocenters. The number of benzene rings is 2. The minimum Gasteiger partial charge on any atom is -0.279 e. The molecule has 0 aliphatic heterocycles. The van der Waals surface area contributed by atoms with E-state index in [1.165, 1.54) is 12.1 Å². The predicted molar refractivity (Wildman–Crippen MR) is 73.4 cm³/mol. The zero-order chi connectivity index (χ0) is 14.9. The lowest BCUT2D eigenvalue weighted by molar-refractivity contribution is 0.551. The van der Waals surface area contributed by atoms with Crippen LogP contribution in [0.1, 0.15) is 5.56 Å². The van der Waals surface area contributed by atoms with Crippen LogP contribution in [0.15, 0.2) is 41.3 Å². The van der Waals surface area contributed by atoms with E-state index in [0.29, 0.717) is 16.7 Å². The van der Waals surface area contributed by atoms with E-state index in [4.69, 9.17) is 11.6 Å². The van der Waals surface area contributed by atoms with Gasteiger partial charge in [0.05, 0.1) is 5.69 Å². The van der Waals surface area contributed by atoms with Gasteiger partial charge in [-0.3, -0.25) is 4.72 Å². The number of hydrogen-bond donors (Lipinski definition) is 1. The van der Waals surface area contributed by atoms with E-state index in [1.807, 2.05) is 0 Å². The molecule has 0 heterocycles. The zero-order valence-corrected chi connectivity index (χ0v) is 11.9. The van der Waals surface area contributed by atoms with Crippen LogP contribution in [0.5, 0.6) is 0 Å². The summed E-state index contributed by atoms with van der Waals surface area (Å²) in [6.07, 6.45) is 0. The number of hydrogen-bond acceptors (Lipinski definition) is 2. The Morgan fingerprint density at radius 1 is 1.10 bits per heavy atom. The third-order valence-corrected chi connectivity index (χ3v) is 4.25. The summed E-state index contributed by atoms with van der Waals surface area (Å²) in [4.78, 5) is -0.617.